The van der Waals surface area contributed by atoms with Crippen LogP contribution in [0.5, 0.6) is 0 Å². The number of hydrogen-bond acceptors (Lipinski definition) is 4. The summed E-state index contributed by atoms with van der Waals surface area (Å²) in [5.41, 5.74) is 2.66. The van der Waals surface area contributed by atoms with Gasteiger partial charge in [0.1, 0.15) is 12.3 Å². The van der Waals surface area contributed by atoms with Crippen LogP contribution >= 0.6 is 0 Å². The second-order valence-corrected chi connectivity index (χ2v) is 5.42. The maximum absolute atomic E-state index is 12.2. The van der Waals surface area contributed by atoms with Gasteiger partial charge in [0.05, 0.1) is 11.4 Å². The van der Waals surface area contributed by atoms with Gasteiger partial charge in [-0.2, -0.15) is 0 Å². The van der Waals surface area contributed by atoms with Crippen LogP contribution in [0, 0.1) is 0 Å². The van der Waals surface area contributed by atoms with Gasteiger partial charge in [-0.15, -0.1) is 0 Å². The Morgan fingerprint density at radius 3 is 2.48 bits per heavy atom. The highest BCUT2D eigenvalue weighted by Gasteiger charge is 2.27. The van der Waals surface area contributed by atoms with E-state index in [0.29, 0.717) is 12.1 Å². The van der Waals surface area contributed by atoms with Crippen LogP contribution in [0.15, 0.2) is 18.2 Å². The van der Waals surface area contributed by atoms with Crippen molar-refractivity contribution in [1.82, 2.24) is 5.32 Å². The Morgan fingerprint density at radius 2 is 2.00 bits per heavy atom. The summed E-state index contributed by atoms with van der Waals surface area (Å²) in [6.07, 6.45) is 2.73. The third-order valence-electron chi connectivity index (χ3n) is 3.76. The van der Waals surface area contributed by atoms with Crippen LogP contribution in [0.1, 0.15) is 25.3 Å². The number of nitrogens with one attached hydrogen (secondary N) is 1. The quantitative estimate of drug-likeness (QED) is 0.698. The lowest BCUT2D eigenvalue weighted by Gasteiger charge is -2.31. The molecule has 6 nitrogen and oxygen atoms in total. The molecule has 0 aromatic heterocycles. The van der Waals surface area contributed by atoms with Gasteiger partial charge in [-0.25, -0.2) is 0 Å². The minimum absolute atomic E-state index is 0.215. The van der Waals surface area contributed by atoms with Crippen molar-refractivity contribution in [3.63, 3.8) is 0 Å². The van der Waals surface area contributed by atoms with Crippen molar-refractivity contribution in [3.05, 3.63) is 23.8 Å². The lowest BCUT2D eigenvalue weighted by atomic mass is 10.0. The highest BCUT2D eigenvalue weighted by atomic mass is 16.2. The van der Waals surface area contributed by atoms with E-state index in [1.807, 2.05) is 44.1 Å². The fourth-order valence-corrected chi connectivity index (χ4v) is 2.67. The molecule has 0 heterocycles. The molecule has 0 spiro atoms. The normalized spacial score (nSPS) is 11.5. The number of aldehydes is 1. The number of likely N-dealkylation sites (N-methyl/N-ethyl adjacent to an activating group) is 1. The molecule has 1 rings (SSSR count). The van der Waals surface area contributed by atoms with Crippen LogP contribution in [0.25, 0.3) is 0 Å². The predicted octanol–water partition coefficient (Wildman–Crippen LogP) is 1.37. The molecule has 0 aliphatic carbocycles. The lowest BCUT2D eigenvalue weighted by molar-refractivity contribution is -0.123. The number of nitrogens with zero attached hydrogens (tertiary/aromatic N) is 2. The highest BCUT2D eigenvalue weighted by Crippen LogP contribution is 2.33. The first-order chi connectivity index (χ1) is 11.0. The van der Waals surface area contributed by atoms with Crippen molar-refractivity contribution < 1.29 is 14.4 Å². The number of amides is 2. The molecule has 1 aromatic rings. The minimum Gasteiger partial charge on any atom is -0.376 e. The highest BCUT2D eigenvalue weighted by molar-refractivity contribution is 5.95. The van der Waals surface area contributed by atoms with E-state index in [0.717, 1.165) is 24.0 Å². The molecule has 1 atom stereocenters. The van der Waals surface area contributed by atoms with E-state index in [4.69, 9.17) is 0 Å². The van der Waals surface area contributed by atoms with Gasteiger partial charge in [0, 0.05) is 27.6 Å². The molecule has 1 aromatic carbocycles. The summed E-state index contributed by atoms with van der Waals surface area (Å²) in [7, 11) is 5.33. The number of carbonyl (C=O) groups is 3. The number of aryl methyl sites for hydroxylation is 1. The van der Waals surface area contributed by atoms with Crippen LogP contribution < -0.4 is 15.1 Å². The molecule has 0 bridgehead atoms. The first kappa shape index (κ1) is 18.7. The zero-order valence-corrected chi connectivity index (χ0v) is 14.2. The molecule has 23 heavy (non-hydrogen) atoms. The summed E-state index contributed by atoms with van der Waals surface area (Å²) < 4.78 is 0. The molecular weight excluding hydrogens is 294 g/mol. The summed E-state index contributed by atoms with van der Waals surface area (Å²) in [6, 6.07) is 4.98. The molecule has 0 aliphatic heterocycles. The van der Waals surface area contributed by atoms with Gasteiger partial charge in [0.15, 0.2) is 0 Å². The topological polar surface area (TPSA) is 69.7 Å². The molecule has 0 saturated heterocycles. The summed E-state index contributed by atoms with van der Waals surface area (Å²) in [5.74, 6) is -0.287. The zero-order chi connectivity index (χ0) is 17.4. The predicted molar refractivity (Wildman–Crippen MR) is 91.8 cm³/mol. The van der Waals surface area contributed by atoms with E-state index < -0.39 is 6.04 Å². The smallest absolute Gasteiger partial charge is 0.242 e. The van der Waals surface area contributed by atoms with Crippen molar-refractivity contribution >= 4 is 30.0 Å². The van der Waals surface area contributed by atoms with Crippen molar-refractivity contribution in [3.8, 4) is 0 Å². The molecule has 1 N–H and O–H groups in total. The molecule has 0 radical (unpaired) electrons. The number of benzene rings is 1. The van der Waals surface area contributed by atoms with Crippen molar-refractivity contribution in [2.75, 3.05) is 30.9 Å². The van der Waals surface area contributed by atoms with E-state index >= 15 is 0 Å². The van der Waals surface area contributed by atoms with E-state index in [-0.39, 0.29) is 18.7 Å². The van der Waals surface area contributed by atoms with Crippen LogP contribution in [-0.4, -0.2) is 45.8 Å². The molecule has 0 fully saturated rings. The first-order valence-corrected chi connectivity index (χ1v) is 7.69. The van der Waals surface area contributed by atoms with Crippen LogP contribution in [0.4, 0.5) is 11.4 Å². The summed E-state index contributed by atoms with van der Waals surface area (Å²) in [4.78, 5) is 38.0. The maximum Gasteiger partial charge on any atom is 0.242 e. The van der Waals surface area contributed by atoms with Crippen molar-refractivity contribution in [2.45, 2.75) is 32.2 Å². The Labute approximate surface area is 137 Å². The number of para-hydroxylation sites is 1. The van der Waals surface area contributed by atoms with Gasteiger partial charge in [-0.3, -0.25) is 9.59 Å². The lowest BCUT2D eigenvalue weighted by Crippen LogP contribution is -2.46. The number of hydrogen-bond donors (Lipinski definition) is 1. The van der Waals surface area contributed by atoms with Gasteiger partial charge < -0.3 is 19.9 Å². The molecule has 0 saturated carbocycles. The van der Waals surface area contributed by atoms with E-state index in [2.05, 4.69) is 5.32 Å². The SMILES string of the molecule is CCc1cccc(N(C=O)C(CCC=O)C(=O)NC)c1N(C)C. The van der Waals surface area contributed by atoms with Crippen LogP contribution in [0.3, 0.4) is 0 Å². The third-order valence-corrected chi connectivity index (χ3v) is 3.76. The van der Waals surface area contributed by atoms with Gasteiger partial charge >= 0.3 is 0 Å². The third kappa shape index (κ3) is 4.31. The molecule has 1 unspecified atom stereocenters. The monoisotopic (exact) mass is 319 g/mol. The number of anilines is 2. The Balaban J connectivity index is 3.39. The number of rotatable bonds is 9. The second kappa shape index (κ2) is 8.92. The van der Waals surface area contributed by atoms with Crippen molar-refractivity contribution in [2.24, 2.45) is 0 Å². The van der Waals surface area contributed by atoms with Gasteiger partial charge in [-0.1, -0.05) is 19.1 Å². The van der Waals surface area contributed by atoms with Crippen molar-refractivity contribution in [1.29, 1.82) is 0 Å². The molecule has 2 amide bonds. The molecule has 6 heteroatoms. The first-order valence-electron chi connectivity index (χ1n) is 7.69. The largest absolute Gasteiger partial charge is 0.376 e. The molecule has 126 valence electrons. The zero-order valence-electron chi connectivity index (χ0n) is 14.2. The fourth-order valence-electron chi connectivity index (χ4n) is 2.67. The maximum atomic E-state index is 12.2. The average Bonchev–Trinajstić information content (AvgIpc) is 2.57. The second-order valence-electron chi connectivity index (χ2n) is 5.42. The molecular formula is C17H25N3O3. The van der Waals surface area contributed by atoms with E-state index in [9.17, 15) is 14.4 Å². The Bertz CT molecular complexity index is 558. The Kier molecular flexibility index (Phi) is 7.25. The van der Waals surface area contributed by atoms with Crippen LogP contribution in [0.2, 0.25) is 0 Å². The summed E-state index contributed by atoms with van der Waals surface area (Å²) in [6.45, 7) is 2.04. The summed E-state index contributed by atoms with van der Waals surface area (Å²) in [5, 5.41) is 2.57. The van der Waals surface area contributed by atoms with Gasteiger partial charge in [0.25, 0.3) is 0 Å². The Morgan fingerprint density at radius 1 is 1.30 bits per heavy atom. The Hall–Kier alpha value is -2.37. The van der Waals surface area contributed by atoms with E-state index in [1.165, 1.54) is 11.9 Å². The number of carbonyl (C=O) groups excluding carboxylic acids is 3. The molecule has 0 aliphatic rings. The fraction of sp³-hybridized carbons (Fsp3) is 0.471. The standard InChI is InChI=1S/C17H25N3O3/c1-5-13-8-6-9-14(16(13)19(3)4)20(12-22)15(10-7-11-21)17(23)18-2/h6,8-9,11-12,15H,5,7,10H2,1-4H3,(H,18,23). The van der Waals surface area contributed by atoms with Crippen LogP contribution in [-0.2, 0) is 20.8 Å². The van der Waals surface area contributed by atoms with Gasteiger partial charge in [0.2, 0.25) is 12.3 Å². The average molecular weight is 319 g/mol. The van der Waals surface area contributed by atoms with Gasteiger partial charge in [-0.05, 0) is 24.5 Å². The van der Waals surface area contributed by atoms with E-state index in [1.54, 1.807) is 0 Å². The minimum atomic E-state index is -0.714. The summed E-state index contributed by atoms with van der Waals surface area (Å²) >= 11 is 0.